The molecule has 0 amide bonds. The highest BCUT2D eigenvalue weighted by Gasteiger charge is 2.39. The second-order valence-corrected chi connectivity index (χ2v) is 3.82. The number of alkyl halides is 3. The van der Waals surface area contributed by atoms with E-state index in [9.17, 15) is 22.4 Å². The predicted octanol–water partition coefficient (Wildman–Crippen LogP) is 2.49. The number of nitrogens with two attached hydrogens (primary N) is 1. The van der Waals surface area contributed by atoms with Crippen molar-refractivity contribution in [3.63, 3.8) is 0 Å². The molecule has 1 atom stereocenters. The third-order valence-electron chi connectivity index (χ3n) is 2.73. The van der Waals surface area contributed by atoms with Crippen LogP contribution >= 0.6 is 0 Å². The first-order valence-electron chi connectivity index (χ1n) is 5.02. The van der Waals surface area contributed by atoms with E-state index in [0.717, 1.165) is 6.07 Å². The fourth-order valence-electron chi connectivity index (χ4n) is 1.50. The van der Waals surface area contributed by atoms with Crippen molar-refractivity contribution in [3.05, 3.63) is 35.1 Å². The lowest BCUT2D eigenvalue weighted by molar-refractivity contribution is -0.145. The van der Waals surface area contributed by atoms with Gasteiger partial charge >= 0.3 is 12.1 Å². The summed E-state index contributed by atoms with van der Waals surface area (Å²) in [4.78, 5) is 11.0. The Morgan fingerprint density at radius 3 is 2.33 bits per heavy atom. The summed E-state index contributed by atoms with van der Waals surface area (Å²) in [5.41, 5.74) is 1.76. The summed E-state index contributed by atoms with van der Waals surface area (Å²) in [6.07, 6.45) is -5.02. The summed E-state index contributed by atoms with van der Waals surface area (Å²) >= 11 is 0. The maximum absolute atomic E-state index is 13.1. The molecule has 0 fully saturated rings. The quantitative estimate of drug-likeness (QED) is 0.825. The SMILES string of the molecule is CCC(N)(C(=O)O)c1ccc(F)c(C(F)(F)F)c1. The minimum absolute atomic E-state index is 0.120. The Bertz CT molecular complexity index is 473. The smallest absolute Gasteiger partial charge is 0.419 e. The summed E-state index contributed by atoms with van der Waals surface area (Å²) in [6.45, 7) is 1.42. The topological polar surface area (TPSA) is 63.3 Å². The van der Waals surface area contributed by atoms with Gasteiger partial charge in [0.1, 0.15) is 11.4 Å². The van der Waals surface area contributed by atoms with Crippen molar-refractivity contribution < 1.29 is 27.5 Å². The molecule has 0 aromatic heterocycles. The highest BCUT2D eigenvalue weighted by Crippen LogP contribution is 2.34. The Labute approximate surface area is 100 Å². The normalized spacial score (nSPS) is 15.2. The van der Waals surface area contributed by atoms with Crippen molar-refractivity contribution in [2.45, 2.75) is 25.1 Å². The van der Waals surface area contributed by atoms with E-state index in [2.05, 4.69) is 0 Å². The number of benzene rings is 1. The molecule has 0 saturated carbocycles. The lowest BCUT2D eigenvalue weighted by Crippen LogP contribution is -2.44. The first-order valence-corrected chi connectivity index (χ1v) is 5.02. The third kappa shape index (κ3) is 2.45. The Morgan fingerprint density at radius 2 is 1.94 bits per heavy atom. The van der Waals surface area contributed by atoms with Gasteiger partial charge in [-0.1, -0.05) is 13.0 Å². The minimum atomic E-state index is -4.90. The van der Waals surface area contributed by atoms with Crippen LogP contribution in [0.4, 0.5) is 17.6 Å². The standard InChI is InChI=1S/C11H11F4NO2/c1-2-10(16,9(17)18)6-3-4-8(12)7(5-6)11(13,14)15/h3-5H,2,16H2,1H3,(H,17,18). The molecule has 0 bridgehead atoms. The van der Waals surface area contributed by atoms with Crippen LogP contribution in [0.1, 0.15) is 24.5 Å². The molecule has 0 radical (unpaired) electrons. The Kier molecular flexibility index (Phi) is 3.66. The number of carbonyl (C=O) groups is 1. The fourth-order valence-corrected chi connectivity index (χ4v) is 1.50. The van der Waals surface area contributed by atoms with E-state index in [-0.39, 0.29) is 12.0 Å². The van der Waals surface area contributed by atoms with Crippen LogP contribution in [-0.2, 0) is 16.5 Å². The zero-order valence-electron chi connectivity index (χ0n) is 9.38. The average molecular weight is 265 g/mol. The first-order chi connectivity index (χ1) is 8.13. The van der Waals surface area contributed by atoms with Gasteiger partial charge in [0.05, 0.1) is 5.56 Å². The highest BCUT2D eigenvalue weighted by molar-refractivity contribution is 5.80. The molecule has 100 valence electrons. The van der Waals surface area contributed by atoms with Crippen molar-refractivity contribution >= 4 is 5.97 Å². The number of carboxylic acid groups (broad SMARTS) is 1. The van der Waals surface area contributed by atoms with E-state index < -0.39 is 29.1 Å². The Balaban J connectivity index is 3.41. The van der Waals surface area contributed by atoms with Gasteiger partial charge in [-0.05, 0) is 24.1 Å². The summed E-state index contributed by atoms with van der Waals surface area (Å²) in [5.74, 6) is -2.93. The number of carboxylic acids is 1. The van der Waals surface area contributed by atoms with Crippen molar-refractivity contribution in [1.29, 1.82) is 0 Å². The zero-order chi connectivity index (χ0) is 14.1. The molecule has 7 heteroatoms. The predicted molar refractivity (Wildman–Crippen MR) is 55.2 cm³/mol. The lowest BCUT2D eigenvalue weighted by Gasteiger charge is -2.24. The average Bonchev–Trinajstić information content (AvgIpc) is 2.26. The molecule has 1 aromatic rings. The van der Waals surface area contributed by atoms with Crippen LogP contribution in [0.3, 0.4) is 0 Å². The van der Waals surface area contributed by atoms with E-state index in [4.69, 9.17) is 10.8 Å². The largest absolute Gasteiger partial charge is 0.480 e. The molecule has 0 aliphatic rings. The number of aliphatic carboxylic acids is 1. The molecule has 0 saturated heterocycles. The van der Waals surface area contributed by atoms with Gasteiger partial charge in [-0.2, -0.15) is 13.2 Å². The summed E-state index contributed by atoms with van der Waals surface area (Å²) in [7, 11) is 0. The molecule has 0 heterocycles. The van der Waals surface area contributed by atoms with Gasteiger partial charge in [-0.25, -0.2) is 9.18 Å². The van der Waals surface area contributed by atoms with Crippen molar-refractivity contribution in [3.8, 4) is 0 Å². The molecule has 0 spiro atoms. The Hall–Kier alpha value is -1.63. The van der Waals surface area contributed by atoms with Gasteiger partial charge in [-0.3, -0.25) is 0 Å². The fraction of sp³-hybridized carbons (Fsp3) is 0.364. The van der Waals surface area contributed by atoms with Crippen molar-refractivity contribution in [2.75, 3.05) is 0 Å². The van der Waals surface area contributed by atoms with Crippen LogP contribution < -0.4 is 5.73 Å². The van der Waals surface area contributed by atoms with Crippen LogP contribution in [-0.4, -0.2) is 11.1 Å². The highest BCUT2D eigenvalue weighted by atomic mass is 19.4. The van der Waals surface area contributed by atoms with Crippen LogP contribution in [0.2, 0.25) is 0 Å². The maximum Gasteiger partial charge on any atom is 0.419 e. The van der Waals surface area contributed by atoms with E-state index >= 15 is 0 Å². The maximum atomic E-state index is 13.1. The molecule has 18 heavy (non-hydrogen) atoms. The van der Waals surface area contributed by atoms with E-state index in [0.29, 0.717) is 12.1 Å². The lowest BCUT2D eigenvalue weighted by atomic mass is 9.87. The van der Waals surface area contributed by atoms with E-state index in [1.165, 1.54) is 6.92 Å². The van der Waals surface area contributed by atoms with Gasteiger partial charge in [0, 0.05) is 0 Å². The molecule has 1 unspecified atom stereocenters. The number of hydrogen-bond donors (Lipinski definition) is 2. The molecule has 3 N–H and O–H groups in total. The molecular weight excluding hydrogens is 254 g/mol. The van der Waals surface area contributed by atoms with Gasteiger partial charge in [-0.15, -0.1) is 0 Å². The van der Waals surface area contributed by atoms with Crippen LogP contribution in [0.25, 0.3) is 0 Å². The van der Waals surface area contributed by atoms with Gasteiger partial charge < -0.3 is 10.8 Å². The van der Waals surface area contributed by atoms with E-state index in [1.54, 1.807) is 0 Å². The van der Waals surface area contributed by atoms with Crippen molar-refractivity contribution in [2.24, 2.45) is 5.73 Å². The molecule has 1 rings (SSSR count). The Morgan fingerprint density at radius 1 is 1.39 bits per heavy atom. The molecule has 1 aromatic carbocycles. The van der Waals surface area contributed by atoms with Crippen molar-refractivity contribution in [1.82, 2.24) is 0 Å². The number of rotatable bonds is 3. The molecule has 0 aliphatic heterocycles. The summed E-state index contributed by atoms with van der Waals surface area (Å²) in [6, 6.07) is 1.95. The van der Waals surface area contributed by atoms with Crippen LogP contribution in [0.5, 0.6) is 0 Å². The summed E-state index contributed by atoms with van der Waals surface area (Å²) in [5, 5.41) is 8.95. The first kappa shape index (κ1) is 14.4. The summed E-state index contributed by atoms with van der Waals surface area (Å²) < 4.78 is 50.5. The second kappa shape index (κ2) is 4.56. The van der Waals surface area contributed by atoms with Crippen LogP contribution in [0, 0.1) is 5.82 Å². The van der Waals surface area contributed by atoms with E-state index in [1.807, 2.05) is 0 Å². The minimum Gasteiger partial charge on any atom is -0.480 e. The molecule has 0 aliphatic carbocycles. The van der Waals surface area contributed by atoms with Crippen LogP contribution in [0.15, 0.2) is 18.2 Å². The molecule has 3 nitrogen and oxygen atoms in total. The zero-order valence-corrected chi connectivity index (χ0v) is 9.38. The second-order valence-electron chi connectivity index (χ2n) is 3.82. The third-order valence-corrected chi connectivity index (χ3v) is 2.73. The number of hydrogen-bond acceptors (Lipinski definition) is 2. The van der Waals surface area contributed by atoms with Gasteiger partial charge in [0.25, 0.3) is 0 Å². The monoisotopic (exact) mass is 265 g/mol. The van der Waals surface area contributed by atoms with Gasteiger partial charge in [0.15, 0.2) is 0 Å². The number of halogens is 4. The van der Waals surface area contributed by atoms with Gasteiger partial charge in [0.2, 0.25) is 0 Å². The molecular formula is C11H11F4NO2.